The van der Waals surface area contributed by atoms with E-state index in [0.29, 0.717) is 5.92 Å². The Morgan fingerprint density at radius 1 is 1.29 bits per heavy atom. The minimum absolute atomic E-state index is 0.328. The van der Waals surface area contributed by atoms with Crippen LogP contribution in [0.25, 0.3) is 0 Å². The maximum absolute atomic E-state index is 10.4. The van der Waals surface area contributed by atoms with Crippen LogP contribution in [0.5, 0.6) is 5.75 Å². The van der Waals surface area contributed by atoms with Crippen molar-refractivity contribution in [1.29, 1.82) is 0 Å². The summed E-state index contributed by atoms with van der Waals surface area (Å²) in [6.07, 6.45) is 8.22. The minimum Gasteiger partial charge on any atom is -0.493 e. The van der Waals surface area contributed by atoms with Gasteiger partial charge in [0, 0.05) is 6.42 Å². The third-order valence-electron chi connectivity index (χ3n) is 3.81. The van der Waals surface area contributed by atoms with Gasteiger partial charge in [-0.15, -0.1) is 0 Å². The Morgan fingerprint density at radius 2 is 2.24 bits per heavy atom. The predicted octanol–water partition coefficient (Wildman–Crippen LogP) is 3.01. The Morgan fingerprint density at radius 3 is 3.06 bits per heavy atom. The van der Waals surface area contributed by atoms with Crippen LogP contribution < -0.4 is 4.74 Å². The third kappa shape index (κ3) is 2.09. The number of fused-ring (bicyclic) bond motifs is 1. The van der Waals surface area contributed by atoms with Crippen molar-refractivity contribution in [2.45, 2.75) is 31.8 Å². The SMILES string of the molecule is OC(c1ccc2c(c1)CCO2)C1CC=CCC1. The van der Waals surface area contributed by atoms with Crippen molar-refractivity contribution in [3.05, 3.63) is 41.5 Å². The highest BCUT2D eigenvalue weighted by Crippen LogP contribution is 2.34. The average Bonchev–Trinajstić information content (AvgIpc) is 2.86. The van der Waals surface area contributed by atoms with E-state index in [1.807, 2.05) is 12.1 Å². The quantitative estimate of drug-likeness (QED) is 0.791. The number of hydrogen-bond acceptors (Lipinski definition) is 2. The molecule has 1 aliphatic heterocycles. The fourth-order valence-corrected chi connectivity index (χ4v) is 2.77. The first-order valence-corrected chi connectivity index (χ1v) is 6.43. The Hall–Kier alpha value is -1.28. The van der Waals surface area contributed by atoms with Gasteiger partial charge in [0.1, 0.15) is 5.75 Å². The van der Waals surface area contributed by atoms with Crippen molar-refractivity contribution in [3.8, 4) is 5.75 Å². The number of allylic oxidation sites excluding steroid dienone is 2. The number of aliphatic hydroxyl groups excluding tert-OH is 1. The lowest BCUT2D eigenvalue weighted by Crippen LogP contribution is -2.14. The molecule has 0 saturated carbocycles. The molecule has 0 amide bonds. The monoisotopic (exact) mass is 230 g/mol. The number of hydrogen-bond donors (Lipinski definition) is 1. The zero-order chi connectivity index (χ0) is 11.7. The van der Waals surface area contributed by atoms with E-state index in [9.17, 15) is 5.11 Å². The Balaban J connectivity index is 1.81. The van der Waals surface area contributed by atoms with Gasteiger partial charge in [-0.3, -0.25) is 0 Å². The highest BCUT2D eigenvalue weighted by Gasteiger charge is 2.22. The van der Waals surface area contributed by atoms with Gasteiger partial charge in [0.2, 0.25) is 0 Å². The second-order valence-corrected chi connectivity index (χ2v) is 4.95. The van der Waals surface area contributed by atoms with Gasteiger partial charge in [0.05, 0.1) is 12.7 Å². The van der Waals surface area contributed by atoms with E-state index < -0.39 is 0 Å². The summed E-state index contributed by atoms with van der Waals surface area (Å²) in [7, 11) is 0. The molecule has 0 radical (unpaired) electrons. The molecule has 3 rings (SSSR count). The smallest absolute Gasteiger partial charge is 0.122 e. The highest BCUT2D eigenvalue weighted by atomic mass is 16.5. The summed E-state index contributed by atoms with van der Waals surface area (Å²) in [6.45, 7) is 0.779. The lowest BCUT2D eigenvalue weighted by Gasteiger charge is -2.24. The molecule has 17 heavy (non-hydrogen) atoms. The van der Waals surface area contributed by atoms with Crippen LogP contribution in [0.3, 0.4) is 0 Å². The number of rotatable bonds is 2. The van der Waals surface area contributed by atoms with Gasteiger partial charge in [-0.25, -0.2) is 0 Å². The van der Waals surface area contributed by atoms with Crippen LogP contribution in [0.4, 0.5) is 0 Å². The minimum atomic E-state index is -0.328. The summed E-state index contributed by atoms with van der Waals surface area (Å²) in [4.78, 5) is 0. The molecule has 0 spiro atoms. The van der Waals surface area contributed by atoms with Gasteiger partial charge < -0.3 is 9.84 Å². The Bertz CT molecular complexity index is 437. The normalized spacial score (nSPS) is 24.2. The van der Waals surface area contributed by atoms with E-state index in [1.165, 1.54) is 5.56 Å². The molecular formula is C15H18O2. The van der Waals surface area contributed by atoms with E-state index in [1.54, 1.807) is 0 Å². The first-order chi connectivity index (χ1) is 8.34. The topological polar surface area (TPSA) is 29.5 Å². The van der Waals surface area contributed by atoms with Gasteiger partial charge in [0.15, 0.2) is 0 Å². The zero-order valence-corrected chi connectivity index (χ0v) is 9.93. The van der Waals surface area contributed by atoms with E-state index in [-0.39, 0.29) is 6.10 Å². The largest absolute Gasteiger partial charge is 0.493 e. The summed E-state index contributed by atoms with van der Waals surface area (Å²) in [5.41, 5.74) is 2.29. The average molecular weight is 230 g/mol. The van der Waals surface area contributed by atoms with Gasteiger partial charge in [-0.05, 0) is 48.4 Å². The van der Waals surface area contributed by atoms with Crippen molar-refractivity contribution in [2.75, 3.05) is 6.61 Å². The van der Waals surface area contributed by atoms with E-state index in [4.69, 9.17) is 4.74 Å². The van der Waals surface area contributed by atoms with Crippen LogP contribution in [-0.2, 0) is 6.42 Å². The summed E-state index contributed by atoms with van der Waals surface area (Å²) in [5.74, 6) is 1.37. The van der Waals surface area contributed by atoms with Crippen molar-refractivity contribution >= 4 is 0 Å². The molecule has 0 saturated heterocycles. The second kappa shape index (κ2) is 4.53. The van der Waals surface area contributed by atoms with Crippen LogP contribution in [0.1, 0.15) is 36.5 Å². The number of ether oxygens (including phenoxy) is 1. The maximum Gasteiger partial charge on any atom is 0.122 e. The summed E-state index contributed by atoms with van der Waals surface area (Å²) >= 11 is 0. The fraction of sp³-hybridized carbons (Fsp3) is 0.467. The third-order valence-corrected chi connectivity index (χ3v) is 3.81. The van der Waals surface area contributed by atoms with Crippen LogP contribution in [0.15, 0.2) is 30.4 Å². The van der Waals surface area contributed by atoms with Gasteiger partial charge >= 0.3 is 0 Å². The zero-order valence-electron chi connectivity index (χ0n) is 9.93. The molecule has 1 aromatic carbocycles. The molecule has 1 aromatic rings. The van der Waals surface area contributed by atoms with Crippen LogP contribution in [0.2, 0.25) is 0 Å². The van der Waals surface area contributed by atoms with Crippen LogP contribution >= 0.6 is 0 Å². The standard InChI is InChI=1S/C15H18O2/c16-15(11-4-2-1-3-5-11)13-6-7-14-12(10-13)8-9-17-14/h1-2,6-7,10-11,15-16H,3-5,8-9H2. The van der Waals surface area contributed by atoms with Gasteiger partial charge in [-0.2, -0.15) is 0 Å². The predicted molar refractivity (Wildman–Crippen MR) is 67.1 cm³/mol. The van der Waals surface area contributed by atoms with E-state index in [0.717, 1.165) is 43.6 Å². The van der Waals surface area contributed by atoms with Crippen LogP contribution in [-0.4, -0.2) is 11.7 Å². The summed E-state index contributed by atoms with van der Waals surface area (Å²) in [5, 5.41) is 10.4. The lowest BCUT2D eigenvalue weighted by atomic mass is 9.85. The first-order valence-electron chi connectivity index (χ1n) is 6.43. The van der Waals surface area contributed by atoms with Gasteiger partial charge in [0.25, 0.3) is 0 Å². The summed E-state index contributed by atoms with van der Waals surface area (Å²) in [6, 6.07) is 6.12. The van der Waals surface area contributed by atoms with Crippen molar-refractivity contribution in [1.82, 2.24) is 0 Å². The number of benzene rings is 1. The molecule has 0 aromatic heterocycles. The molecule has 2 atom stereocenters. The maximum atomic E-state index is 10.4. The van der Waals surface area contributed by atoms with E-state index >= 15 is 0 Å². The molecule has 2 heteroatoms. The molecule has 90 valence electrons. The number of aliphatic hydroxyl groups is 1. The molecule has 2 unspecified atom stereocenters. The van der Waals surface area contributed by atoms with Crippen molar-refractivity contribution < 1.29 is 9.84 Å². The lowest BCUT2D eigenvalue weighted by molar-refractivity contribution is 0.102. The molecule has 1 N–H and O–H groups in total. The molecule has 1 aliphatic carbocycles. The summed E-state index contributed by atoms with van der Waals surface area (Å²) < 4.78 is 5.49. The fourth-order valence-electron chi connectivity index (χ4n) is 2.77. The molecular weight excluding hydrogens is 212 g/mol. The van der Waals surface area contributed by atoms with Crippen molar-refractivity contribution in [3.63, 3.8) is 0 Å². The van der Waals surface area contributed by atoms with Crippen LogP contribution in [0, 0.1) is 5.92 Å². The molecule has 2 aliphatic rings. The molecule has 1 heterocycles. The Labute approximate surface area is 102 Å². The molecule has 0 fully saturated rings. The Kier molecular flexibility index (Phi) is 2.89. The first kappa shape index (κ1) is 10.8. The van der Waals surface area contributed by atoms with Gasteiger partial charge in [-0.1, -0.05) is 18.2 Å². The van der Waals surface area contributed by atoms with Crippen molar-refractivity contribution in [2.24, 2.45) is 5.92 Å². The second-order valence-electron chi connectivity index (χ2n) is 4.95. The molecule has 0 bridgehead atoms. The molecule has 2 nitrogen and oxygen atoms in total. The van der Waals surface area contributed by atoms with E-state index in [2.05, 4.69) is 18.2 Å². The highest BCUT2D eigenvalue weighted by molar-refractivity contribution is 5.40.